The Morgan fingerprint density at radius 1 is 1.11 bits per heavy atom. The van der Waals surface area contributed by atoms with E-state index in [0.29, 0.717) is 6.42 Å². The summed E-state index contributed by atoms with van der Waals surface area (Å²) in [5.41, 5.74) is 3.77. The number of ether oxygens (including phenoxy) is 1. The van der Waals surface area contributed by atoms with Crippen molar-refractivity contribution in [2.45, 2.75) is 18.8 Å². The number of para-hydroxylation sites is 1. The first-order valence-electron chi connectivity index (χ1n) is 8.83. The Hall–Kier alpha value is -2.99. The van der Waals surface area contributed by atoms with Crippen molar-refractivity contribution in [2.24, 2.45) is 0 Å². The highest BCUT2D eigenvalue weighted by molar-refractivity contribution is 7.20. The number of ketones is 1. The zero-order valence-corrected chi connectivity index (χ0v) is 15.6. The summed E-state index contributed by atoms with van der Waals surface area (Å²) in [4.78, 5) is 17.4. The van der Waals surface area contributed by atoms with Gasteiger partial charge in [0.15, 0.2) is 5.78 Å². The van der Waals surface area contributed by atoms with E-state index in [2.05, 4.69) is 11.2 Å². The van der Waals surface area contributed by atoms with E-state index >= 15 is 0 Å². The molecule has 1 unspecified atom stereocenters. The van der Waals surface area contributed by atoms with Gasteiger partial charge in [-0.15, -0.1) is 0 Å². The molecule has 0 radical (unpaired) electrons. The Morgan fingerprint density at radius 3 is 2.70 bits per heavy atom. The largest absolute Gasteiger partial charge is 0.497 e. The molecular weight excluding hydrogens is 358 g/mol. The Kier molecular flexibility index (Phi) is 3.79. The van der Waals surface area contributed by atoms with Crippen LogP contribution >= 0.6 is 11.3 Å². The second-order valence-electron chi connectivity index (χ2n) is 6.68. The van der Waals surface area contributed by atoms with Crippen molar-refractivity contribution in [1.29, 1.82) is 0 Å². The van der Waals surface area contributed by atoms with Gasteiger partial charge >= 0.3 is 0 Å². The van der Waals surface area contributed by atoms with Crippen molar-refractivity contribution >= 4 is 27.3 Å². The van der Waals surface area contributed by atoms with Crippen LogP contribution in [0.15, 0.2) is 54.7 Å². The highest BCUT2D eigenvalue weighted by atomic mass is 32.1. The number of benzene rings is 2. The van der Waals surface area contributed by atoms with Crippen LogP contribution in [0.5, 0.6) is 5.75 Å². The third-order valence-electron chi connectivity index (χ3n) is 5.09. The molecule has 0 saturated carbocycles. The number of aromatic nitrogens is 3. The number of carbonyl (C=O) groups excluding carboxylic acids is 1. The number of hydrogen-bond donors (Lipinski definition) is 0. The van der Waals surface area contributed by atoms with Gasteiger partial charge in [0.25, 0.3) is 0 Å². The number of rotatable bonds is 3. The molecule has 1 aliphatic carbocycles. The van der Waals surface area contributed by atoms with Crippen LogP contribution in [-0.2, 0) is 6.42 Å². The summed E-state index contributed by atoms with van der Waals surface area (Å²) in [6.45, 7) is 0. The van der Waals surface area contributed by atoms with E-state index in [1.807, 2.05) is 47.1 Å². The van der Waals surface area contributed by atoms with Crippen molar-refractivity contribution in [2.75, 3.05) is 7.11 Å². The number of Topliss-reactive ketones (excluding diaryl/α,β-unsaturated/α-hetero) is 1. The van der Waals surface area contributed by atoms with Gasteiger partial charge in [-0.25, -0.2) is 9.67 Å². The van der Waals surface area contributed by atoms with Gasteiger partial charge < -0.3 is 4.74 Å². The number of hydrogen-bond acceptors (Lipinski definition) is 5. The van der Waals surface area contributed by atoms with Crippen molar-refractivity contribution in [1.82, 2.24) is 14.8 Å². The van der Waals surface area contributed by atoms with Crippen molar-refractivity contribution in [3.05, 3.63) is 71.5 Å². The third-order valence-corrected chi connectivity index (χ3v) is 6.10. The molecule has 1 atom stereocenters. The lowest BCUT2D eigenvalue weighted by Gasteiger charge is -2.22. The lowest BCUT2D eigenvalue weighted by Crippen LogP contribution is -2.20. The Balaban J connectivity index is 1.54. The molecule has 2 aromatic carbocycles. The zero-order chi connectivity index (χ0) is 18.4. The first-order chi connectivity index (χ1) is 13.2. The molecule has 6 heteroatoms. The van der Waals surface area contributed by atoms with Gasteiger partial charge in [0, 0.05) is 6.42 Å². The molecule has 2 heterocycles. The fourth-order valence-electron chi connectivity index (χ4n) is 3.67. The zero-order valence-electron chi connectivity index (χ0n) is 14.8. The summed E-state index contributed by atoms with van der Waals surface area (Å²) < 4.78 is 8.20. The van der Waals surface area contributed by atoms with Crippen LogP contribution in [0.4, 0.5) is 0 Å². The molecule has 5 nitrogen and oxygen atoms in total. The van der Waals surface area contributed by atoms with E-state index in [4.69, 9.17) is 9.72 Å². The molecule has 0 aliphatic heterocycles. The minimum atomic E-state index is 0.140. The standard InChI is InChI=1S/C21H17N3O2S/c1-26-15-8-6-13(7-9-15)14-10-18-16(19(25)11-14)12-22-24(18)21-23-17-4-2-3-5-20(17)27-21/h2-9,12,14H,10-11H2,1H3. The predicted molar refractivity (Wildman–Crippen MR) is 105 cm³/mol. The highest BCUT2D eigenvalue weighted by Gasteiger charge is 2.30. The van der Waals surface area contributed by atoms with Gasteiger partial charge in [0.05, 0.1) is 34.8 Å². The topological polar surface area (TPSA) is 57.0 Å². The molecule has 0 bridgehead atoms. The molecule has 5 rings (SSSR count). The smallest absolute Gasteiger partial charge is 0.211 e. The number of nitrogens with zero attached hydrogens (tertiary/aromatic N) is 3. The quantitative estimate of drug-likeness (QED) is 0.532. The second-order valence-corrected chi connectivity index (χ2v) is 7.69. The van der Waals surface area contributed by atoms with E-state index in [1.165, 1.54) is 0 Å². The number of carbonyl (C=O) groups is 1. The molecule has 1 aliphatic rings. The summed E-state index contributed by atoms with van der Waals surface area (Å²) in [5, 5.41) is 5.30. The van der Waals surface area contributed by atoms with E-state index in [0.717, 1.165) is 44.3 Å². The molecule has 2 aromatic heterocycles. The van der Waals surface area contributed by atoms with Crippen molar-refractivity contribution in [3.63, 3.8) is 0 Å². The van der Waals surface area contributed by atoms with Crippen LogP contribution in [0.25, 0.3) is 15.3 Å². The van der Waals surface area contributed by atoms with Crippen molar-refractivity contribution < 1.29 is 9.53 Å². The van der Waals surface area contributed by atoms with E-state index in [9.17, 15) is 4.79 Å². The Morgan fingerprint density at radius 2 is 1.93 bits per heavy atom. The molecule has 0 amide bonds. The summed E-state index contributed by atoms with van der Waals surface area (Å²) in [5.74, 6) is 1.10. The van der Waals surface area contributed by atoms with Crippen LogP contribution in [0.1, 0.15) is 34.0 Å². The summed E-state index contributed by atoms with van der Waals surface area (Å²) in [6, 6.07) is 16.0. The average molecular weight is 375 g/mol. The van der Waals surface area contributed by atoms with E-state index in [-0.39, 0.29) is 11.7 Å². The van der Waals surface area contributed by atoms with E-state index in [1.54, 1.807) is 24.6 Å². The minimum absolute atomic E-state index is 0.140. The minimum Gasteiger partial charge on any atom is -0.497 e. The molecule has 0 saturated heterocycles. The van der Waals surface area contributed by atoms with Gasteiger partial charge in [-0.05, 0) is 42.2 Å². The van der Waals surface area contributed by atoms with Crippen LogP contribution < -0.4 is 4.74 Å². The number of thiazole rings is 1. The van der Waals surface area contributed by atoms with Gasteiger partial charge in [-0.2, -0.15) is 5.10 Å². The lowest BCUT2D eigenvalue weighted by atomic mass is 9.82. The normalized spacial score (nSPS) is 16.5. The molecule has 0 fully saturated rings. The van der Waals surface area contributed by atoms with Crippen LogP contribution in [-0.4, -0.2) is 27.7 Å². The van der Waals surface area contributed by atoms with Crippen LogP contribution in [0, 0.1) is 0 Å². The lowest BCUT2D eigenvalue weighted by molar-refractivity contribution is 0.0964. The number of fused-ring (bicyclic) bond motifs is 2. The van der Waals surface area contributed by atoms with Crippen LogP contribution in [0.2, 0.25) is 0 Å². The summed E-state index contributed by atoms with van der Waals surface area (Å²) in [6.07, 6.45) is 2.96. The molecule has 27 heavy (non-hydrogen) atoms. The first kappa shape index (κ1) is 16.2. The average Bonchev–Trinajstić information content (AvgIpc) is 3.32. The first-order valence-corrected chi connectivity index (χ1v) is 9.64. The maximum absolute atomic E-state index is 12.7. The van der Waals surface area contributed by atoms with Crippen LogP contribution in [0.3, 0.4) is 0 Å². The predicted octanol–water partition coefficient (Wildman–Crippen LogP) is 4.40. The van der Waals surface area contributed by atoms with Gasteiger partial charge in [-0.1, -0.05) is 35.6 Å². The SMILES string of the molecule is COc1ccc(C2CC(=O)c3cnn(-c4nc5ccccc5s4)c3C2)cc1. The maximum Gasteiger partial charge on any atom is 0.211 e. The molecule has 0 N–H and O–H groups in total. The summed E-state index contributed by atoms with van der Waals surface area (Å²) in [7, 11) is 1.65. The molecular formula is C21H17N3O2S. The van der Waals surface area contributed by atoms with Gasteiger partial charge in [0.2, 0.25) is 5.13 Å². The Labute approximate surface area is 160 Å². The molecule has 0 spiro atoms. The second kappa shape index (κ2) is 6.32. The fraction of sp³-hybridized carbons (Fsp3) is 0.190. The van der Waals surface area contributed by atoms with E-state index < -0.39 is 0 Å². The maximum atomic E-state index is 12.7. The highest BCUT2D eigenvalue weighted by Crippen LogP contribution is 2.35. The van der Waals surface area contributed by atoms with Gasteiger partial charge in [0.1, 0.15) is 5.75 Å². The van der Waals surface area contributed by atoms with Gasteiger partial charge in [-0.3, -0.25) is 4.79 Å². The summed E-state index contributed by atoms with van der Waals surface area (Å²) >= 11 is 1.59. The Bertz CT molecular complexity index is 1110. The number of methoxy groups -OCH3 is 1. The third kappa shape index (κ3) is 2.73. The molecule has 4 aromatic rings. The fourth-order valence-corrected chi connectivity index (χ4v) is 4.62. The monoisotopic (exact) mass is 375 g/mol. The van der Waals surface area contributed by atoms with Crippen molar-refractivity contribution in [3.8, 4) is 10.9 Å². The molecule has 134 valence electrons.